The number of nitrogens with zero attached hydrogens (tertiary/aromatic N) is 5. The van der Waals surface area contributed by atoms with Crippen molar-refractivity contribution in [2.45, 2.75) is 13.1 Å². The van der Waals surface area contributed by atoms with E-state index in [1.165, 1.54) is 0 Å². The summed E-state index contributed by atoms with van der Waals surface area (Å²) in [6, 6.07) is 13.7. The number of benzene rings is 1. The fourth-order valence-electron chi connectivity index (χ4n) is 2.44. The van der Waals surface area contributed by atoms with Gasteiger partial charge in [-0.15, -0.1) is 0 Å². The first-order valence-electron chi connectivity index (χ1n) is 7.38. The number of hydrogen-bond donors (Lipinski definition) is 0. The van der Waals surface area contributed by atoms with E-state index in [1.54, 1.807) is 19.6 Å². The summed E-state index contributed by atoms with van der Waals surface area (Å²) in [7, 11) is 3.69. The Balaban J connectivity index is 1.78. The first kappa shape index (κ1) is 15.2. The summed E-state index contributed by atoms with van der Waals surface area (Å²) in [5.41, 5.74) is 1.91. The average molecular weight is 309 g/mol. The van der Waals surface area contributed by atoms with Gasteiger partial charge in [0.25, 0.3) is 0 Å². The molecule has 0 aliphatic carbocycles. The van der Waals surface area contributed by atoms with Gasteiger partial charge in [0.15, 0.2) is 0 Å². The molecule has 0 aliphatic rings. The minimum absolute atomic E-state index is 0.661. The zero-order valence-corrected chi connectivity index (χ0v) is 13.3. The molecule has 0 fully saturated rings. The van der Waals surface area contributed by atoms with Crippen molar-refractivity contribution in [2.24, 2.45) is 0 Å². The van der Waals surface area contributed by atoms with Gasteiger partial charge in [0, 0.05) is 12.7 Å². The molecule has 0 atom stereocenters. The summed E-state index contributed by atoms with van der Waals surface area (Å²) >= 11 is 0. The molecule has 0 N–H and O–H groups in total. The maximum atomic E-state index is 5.41. The predicted octanol–water partition coefficient (Wildman–Crippen LogP) is 2.30. The van der Waals surface area contributed by atoms with E-state index in [1.807, 2.05) is 54.2 Å². The molecule has 118 valence electrons. The Morgan fingerprint density at radius 3 is 2.65 bits per heavy atom. The van der Waals surface area contributed by atoms with Crippen LogP contribution in [0.3, 0.4) is 0 Å². The Labute approximate surface area is 135 Å². The predicted molar refractivity (Wildman–Crippen MR) is 87.3 cm³/mol. The molecule has 2 heterocycles. The summed E-state index contributed by atoms with van der Waals surface area (Å²) < 4.78 is 7.23. The molecule has 3 rings (SSSR count). The Bertz CT molecular complexity index is 756. The molecule has 1 aromatic carbocycles. The summed E-state index contributed by atoms with van der Waals surface area (Å²) in [6.07, 6.45) is 3.37. The Kier molecular flexibility index (Phi) is 4.63. The lowest BCUT2D eigenvalue weighted by Gasteiger charge is -2.17. The fraction of sp³-hybridized carbons (Fsp3) is 0.235. The van der Waals surface area contributed by atoms with E-state index in [0.29, 0.717) is 6.54 Å². The highest BCUT2D eigenvalue weighted by atomic mass is 16.5. The quantitative estimate of drug-likeness (QED) is 0.699. The number of ether oxygens (including phenoxy) is 1. The van der Waals surface area contributed by atoms with Crippen LogP contribution in [0.15, 0.2) is 55.0 Å². The molecule has 2 aromatic heterocycles. The van der Waals surface area contributed by atoms with Crippen LogP contribution >= 0.6 is 0 Å². The Morgan fingerprint density at radius 2 is 1.87 bits per heavy atom. The monoisotopic (exact) mass is 309 g/mol. The SMILES string of the molecule is COc1ccccc1-n1ncnc1CN(C)Cc1ccccn1. The number of methoxy groups -OCH3 is 1. The minimum atomic E-state index is 0.661. The van der Waals surface area contributed by atoms with Crippen molar-refractivity contribution in [1.82, 2.24) is 24.6 Å². The van der Waals surface area contributed by atoms with E-state index in [4.69, 9.17) is 4.74 Å². The van der Waals surface area contributed by atoms with Gasteiger partial charge in [0.05, 0.1) is 19.3 Å². The van der Waals surface area contributed by atoms with Crippen molar-refractivity contribution in [3.8, 4) is 11.4 Å². The van der Waals surface area contributed by atoms with Gasteiger partial charge in [-0.2, -0.15) is 5.10 Å². The molecular formula is C17H19N5O. The largest absolute Gasteiger partial charge is 0.494 e. The van der Waals surface area contributed by atoms with Crippen LogP contribution in [0.25, 0.3) is 5.69 Å². The lowest BCUT2D eigenvalue weighted by molar-refractivity contribution is 0.303. The van der Waals surface area contributed by atoms with Crippen molar-refractivity contribution in [1.29, 1.82) is 0 Å². The second-order valence-corrected chi connectivity index (χ2v) is 5.25. The lowest BCUT2D eigenvalue weighted by Crippen LogP contribution is -2.20. The highest BCUT2D eigenvalue weighted by Crippen LogP contribution is 2.22. The highest BCUT2D eigenvalue weighted by molar-refractivity contribution is 5.46. The number of pyridine rings is 1. The number of hydrogen-bond acceptors (Lipinski definition) is 5. The molecule has 6 nitrogen and oxygen atoms in total. The molecule has 0 unspecified atom stereocenters. The zero-order valence-electron chi connectivity index (χ0n) is 13.3. The van der Waals surface area contributed by atoms with Crippen molar-refractivity contribution in [3.05, 3.63) is 66.5 Å². The number of para-hydroxylation sites is 2. The van der Waals surface area contributed by atoms with Crippen LogP contribution in [0.2, 0.25) is 0 Å². The highest BCUT2D eigenvalue weighted by Gasteiger charge is 2.13. The van der Waals surface area contributed by atoms with Gasteiger partial charge in [0.2, 0.25) is 0 Å². The molecule has 0 radical (unpaired) electrons. The van der Waals surface area contributed by atoms with E-state index in [9.17, 15) is 0 Å². The van der Waals surface area contributed by atoms with Crippen molar-refractivity contribution in [3.63, 3.8) is 0 Å². The van der Waals surface area contributed by atoms with E-state index in [0.717, 1.165) is 29.5 Å². The minimum Gasteiger partial charge on any atom is -0.494 e. The molecule has 0 amide bonds. The van der Waals surface area contributed by atoms with E-state index < -0.39 is 0 Å². The molecule has 0 spiro atoms. The van der Waals surface area contributed by atoms with Crippen LogP contribution < -0.4 is 4.74 Å². The second-order valence-electron chi connectivity index (χ2n) is 5.25. The normalized spacial score (nSPS) is 10.9. The molecule has 3 aromatic rings. The number of aromatic nitrogens is 4. The van der Waals surface area contributed by atoms with Crippen molar-refractivity contribution >= 4 is 0 Å². The molecule has 6 heteroatoms. The summed E-state index contributed by atoms with van der Waals surface area (Å²) in [5, 5.41) is 4.34. The number of rotatable bonds is 6. The summed E-state index contributed by atoms with van der Waals surface area (Å²) in [5.74, 6) is 1.62. The molecular weight excluding hydrogens is 290 g/mol. The van der Waals surface area contributed by atoms with Crippen LogP contribution in [-0.4, -0.2) is 38.8 Å². The molecule has 0 aliphatic heterocycles. The average Bonchev–Trinajstić information content (AvgIpc) is 3.03. The fourth-order valence-corrected chi connectivity index (χ4v) is 2.44. The van der Waals surface area contributed by atoms with Crippen LogP contribution in [0, 0.1) is 0 Å². The third kappa shape index (κ3) is 3.54. The first-order valence-corrected chi connectivity index (χ1v) is 7.38. The van der Waals surface area contributed by atoms with Crippen LogP contribution in [0.4, 0.5) is 0 Å². The van der Waals surface area contributed by atoms with Gasteiger partial charge in [-0.05, 0) is 31.3 Å². The third-order valence-electron chi connectivity index (χ3n) is 3.50. The first-order chi connectivity index (χ1) is 11.3. The van der Waals surface area contributed by atoms with E-state index >= 15 is 0 Å². The molecule has 23 heavy (non-hydrogen) atoms. The van der Waals surface area contributed by atoms with Crippen LogP contribution in [0.1, 0.15) is 11.5 Å². The van der Waals surface area contributed by atoms with Crippen LogP contribution in [-0.2, 0) is 13.1 Å². The molecule has 0 saturated carbocycles. The smallest absolute Gasteiger partial charge is 0.146 e. The van der Waals surface area contributed by atoms with Crippen molar-refractivity contribution in [2.75, 3.05) is 14.2 Å². The summed E-state index contributed by atoms with van der Waals surface area (Å²) in [6.45, 7) is 1.41. The van der Waals surface area contributed by atoms with Gasteiger partial charge in [0.1, 0.15) is 23.6 Å². The Morgan fingerprint density at radius 1 is 1.04 bits per heavy atom. The van der Waals surface area contributed by atoms with Gasteiger partial charge in [-0.1, -0.05) is 18.2 Å². The Hall–Kier alpha value is -2.73. The topological polar surface area (TPSA) is 56.1 Å². The molecule has 0 saturated heterocycles. The van der Waals surface area contributed by atoms with E-state index in [-0.39, 0.29) is 0 Å². The third-order valence-corrected chi connectivity index (χ3v) is 3.50. The zero-order chi connectivity index (χ0) is 16.1. The second kappa shape index (κ2) is 7.02. The van der Waals surface area contributed by atoms with Gasteiger partial charge in [-0.3, -0.25) is 9.88 Å². The van der Waals surface area contributed by atoms with E-state index in [2.05, 4.69) is 20.0 Å². The molecule has 0 bridgehead atoms. The van der Waals surface area contributed by atoms with Gasteiger partial charge >= 0.3 is 0 Å². The maximum Gasteiger partial charge on any atom is 0.146 e. The van der Waals surface area contributed by atoms with Crippen LogP contribution in [0.5, 0.6) is 5.75 Å². The van der Waals surface area contributed by atoms with Crippen molar-refractivity contribution < 1.29 is 4.74 Å². The summed E-state index contributed by atoms with van der Waals surface area (Å²) in [4.78, 5) is 10.9. The van der Waals surface area contributed by atoms with Gasteiger partial charge in [-0.25, -0.2) is 9.67 Å². The standard InChI is InChI=1S/C17H19N5O/c1-21(11-14-7-5-6-10-18-14)12-17-19-13-20-22(17)15-8-3-4-9-16(15)23-2/h3-10,13H,11-12H2,1-2H3. The van der Waals surface area contributed by atoms with Gasteiger partial charge < -0.3 is 4.74 Å². The lowest BCUT2D eigenvalue weighted by atomic mass is 10.3. The maximum absolute atomic E-state index is 5.41.